The van der Waals surface area contributed by atoms with Crippen molar-refractivity contribution in [1.82, 2.24) is 4.57 Å². The summed E-state index contributed by atoms with van der Waals surface area (Å²) in [5, 5.41) is 4.78. The molecule has 0 aliphatic carbocycles. The van der Waals surface area contributed by atoms with Crippen LogP contribution < -0.4 is 5.32 Å². The number of methoxy groups -OCH3 is 1. The number of esters is 1. The van der Waals surface area contributed by atoms with Gasteiger partial charge in [0.2, 0.25) is 0 Å². The second kappa shape index (κ2) is 11.2. The summed E-state index contributed by atoms with van der Waals surface area (Å²) in [6.45, 7) is 2.10. The number of aromatic nitrogens is 1. The average molecular weight is 537 g/mol. The smallest absolute Gasteiger partial charge is 0.323 e. The first-order valence-corrected chi connectivity index (χ1v) is 13.8. The maximum absolute atomic E-state index is 14.7. The Morgan fingerprint density at radius 2 is 1.24 bits per heavy atom. The molecular formula is C37H32N2O2. The lowest BCUT2D eigenvalue weighted by Gasteiger charge is -2.41. The van der Waals surface area contributed by atoms with Gasteiger partial charge in [0.1, 0.15) is 5.41 Å². The average Bonchev–Trinajstić information content (AvgIpc) is 3.34. The van der Waals surface area contributed by atoms with E-state index in [1.54, 1.807) is 0 Å². The van der Waals surface area contributed by atoms with E-state index in [-0.39, 0.29) is 5.97 Å². The highest BCUT2D eigenvalue weighted by Crippen LogP contribution is 2.50. The van der Waals surface area contributed by atoms with Gasteiger partial charge in [0.15, 0.2) is 0 Å². The molecule has 5 aromatic carbocycles. The normalized spacial score (nSPS) is 13.3. The van der Waals surface area contributed by atoms with Crippen molar-refractivity contribution in [3.05, 3.63) is 168 Å². The maximum atomic E-state index is 14.7. The predicted octanol–water partition coefficient (Wildman–Crippen LogP) is 8.25. The summed E-state index contributed by atoms with van der Waals surface area (Å²) in [4.78, 5) is 14.7. The second-order valence-corrected chi connectivity index (χ2v) is 10.2. The quantitative estimate of drug-likeness (QED) is 0.199. The second-order valence-electron chi connectivity index (χ2n) is 10.2. The molecular weight excluding hydrogens is 504 g/mol. The fourth-order valence-corrected chi connectivity index (χ4v) is 6.22. The van der Waals surface area contributed by atoms with Crippen molar-refractivity contribution in [3.63, 3.8) is 0 Å². The van der Waals surface area contributed by atoms with Crippen LogP contribution in [0.4, 0.5) is 5.69 Å². The third-order valence-electron chi connectivity index (χ3n) is 7.91. The highest BCUT2D eigenvalue weighted by molar-refractivity contribution is 5.99. The number of rotatable bonds is 8. The van der Waals surface area contributed by atoms with Gasteiger partial charge >= 0.3 is 5.97 Å². The molecule has 0 aliphatic rings. The minimum absolute atomic E-state index is 0.333. The fraction of sp³-hybridized carbons (Fsp3) is 0.108. The van der Waals surface area contributed by atoms with Gasteiger partial charge in [-0.05, 0) is 48.4 Å². The van der Waals surface area contributed by atoms with Crippen LogP contribution in [0.5, 0.6) is 0 Å². The van der Waals surface area contributed by atoms with Crippen LogP contribution in [-0.4, -0.2) is 17.6 Å². The number of benzene rings is 5. The number of nitrogens with zero attached hydrogens (tertiary/aromatic N) is 1. The van der Waals surface area contributed by atoms with Gasteiger partial charge in [-0.2, -0.15) is 0 Å². The monoisotopic (exact) mass is 536 g/mol. The molecule has 0 bridgehead atoms. The van der Waals surface area contributed by atoms with Gasteiger partial charge in [0.25, 0.3) is 0 Å². The summed E-state index contributed by atoms with van der Waals surface area (Å²) in [5.74, 6) is -0.333. The molecule has 1 aromatic heterocycles. The minimum Gasteiger partial charge on any atom is -0.468 e. The van der Waals surface area contributed by atoms with Crippen molar-refractivity contribution < 1.29 is 9.53 Å². The van der Waals surface area contributed by atoms with E-state index in [2.05, 4.69) is 53.2 Å². The Kier molecular flexibility index (Phi) is 7.13. The highest BCUT2D eigenvalue weighted by atomic mass is 16.5. The first-order chi connectivity index (χ1) is 20.2. The molecule has 1 N–H and O–H groups in total. The Morgan fingerprint density at radius 1 is 0.707 bits per heavy atom. The lowest BCUT2D eigenvalue weighted by molar-refractivity contribution is -0.146. The molecule has 0 amide bonds. The standard InChI is InChI=1S/C37H32N2O2/c1-27-34(32-25-15-16-26-33(32)39(27)31-23-13-6-14-24-31)37(36(40)41-2,29-19-9-4-10-20-29)35(28-17-7-3-8-18-28)38-30-21-11-5-12-22-30/h3-26,35,38H,1-2H3/t35-,37+/m0/s1. The fourth-order valence-electron chi connectivity index (χ4n) is 6.22. The number of nitrogens with one attached hydrogen (secondary N) is 1. The summed E-state index contributed by atoms with van der Waals surface area (Å²) < 4.78 is 8.04. The lowest BCUT2D eigenvalue weighted by atomic mass is 9.66. The van der Waals surface area contributed by atoms with Crippen molar-refractivity contribution in [1.29, 1.82) is 0 Å². The number of carbonyl (C=O) groups excluding carboxylic acids is 1. The Hall–Kier alpha value is -5.09. The number of hydrogen-bond donors (Lipinski definition) is 1. The molecule has 202 valence electrons. The van der Waals surface area contributed by atoms with Gasteiger partial charge in [-0.1, -0.05) is 115 Å². The van der Waals surface area contributed by atoms with Gasteiger partial charge in [-0.3, -0.25) is 4.79 Å². The van der Waals surface area contributed by atoms with E-state index in [1.807, 2.05) is 109 Å². The zero-order valence-corrected chi connectivity index (χ0v) is 23.2. The van der Waals surface area contributed by atoms with Crippen molar-refractivity contribution in [2.45, 2.75) is 18.4 Å². The number of hydrogen-bond acceptors (Lipinski definition) is 3. The molecule has 0 radical (unpaired) electrons. The summed E-state index contributed by atoms with van der Waals surface area (Å²) in [7, 11) is 1.48. The van der Waals surface area contributed by atoms with Crippen molar-refractivity contribution in [3.8, 4) is 5.69 Å². The van der Waals surface area contributed by atoms with E-state index in [9.17, 15) is 4.79 Å². The van der Waals surface area contributed by atoms with Crippen LogP contribution in [0.15, 0.2) is 146 Å². The zero-order chi connectivity index (χ0) is 28.2. The first kappa shape index (κ1) is 26.1. The molecule has 0 fully saturated rings. The molecule has 4 heteroatoms. The molecule has 4 nitrogen and oxygen atoms in total. The molecule has 0 unspecified atom stereocenters. The number of fused-ring (bicyclic) bond motifs is 1. The van der Waals surface area contributed by atoms with Crippen LogP contribution in [-0.2, 0) is 14.9 Å². The first-order valence-electron chi connectivity index (χ1n) is 13.8. The van der Waals surface area contributed by atoms with Crippen LogP contribution in [0.3, 0.4) is 0 Å². The Morgan fingerprint density at radius 3 is 1.88 bits per heavy atom. The summed E-state index contributed by atoms with van der Waals surface area (Å²) >= 11 is 0. The number of anilines is 1. The highest BCUT2D eigenvalue weighted by Gasteiger charge is 2.53. The van der Waals surface area contributed by atoms with Crippen LogP contribution in [0.2, 0.25) is 0 Å². The maximum Gasteiger partial charge on any atom is 0.323 e. The molecule has 0 spiro atoms. The SMILES string of the molecule is COC(=O)[C@](c1ccccc1)(c1c(C)n(-c2ccccc2)c2ccccc12)[C@@H](Nc1ccccc1)c1ccccc1. The molecule has 0 aliphatic heterocycles. The van der Waals surface area contributed by atoms with Crippen molar-refractivity contribution >= 4 is 22.6 Å². The molecule has 0 saturated carbocycles. The van der Waals surface area contributed by atoms with Gasteiger partial charge < -0.3 is 14.6 Å². The summed E-state index contributed by atoms with van der Waals surface area (Å²) in [6.07, 6.45) is 0. The third-order valence-corrected chi connectivity index (χ3v) is 7.91. The van der Waals surface area contributed by atoms with Gasteiger partial charge in [-0.15, -0.1) is 0 Å². The zero-order valence-electron chi connectivity index (χ0n) is 23.2. The lowest BCUT2D eigenvalue weighted by Crippen LogP contribution is -2.47. The topological polar surface area (TPSA) is 43.3 Å². The molecule has 6 aromatic rings. The minimum atomic E-state index is -1.25. The van der Waals surface area contributed by atoms with Crippen LogP contribution >= 0.6 is 0 Å². The molecule has 0 saturated heterocycles. The van der Waals surface area contributed by atoms with Gasteiger partial charge in [0.05, 0.1) is 18.7 Å². The van der Waals surface area contributed by atoms with Crippen molar-refractivity contribution in [2.24, 2.45) is 0 Å². The van der Waals surface area contributed by atoms with E-state index < -0.39 is 11.5 Å². The summed E-state index contributed by atoms with van der Waals surface area (Å²) in [6, 6.07) is 48.4. The van der Waals surface area contributed by atoms with Crippen LogP contribution in [0, 0.1) is 6.92 Å². The number of para-hydroxylation sites is 3. The van der Waals surface area contributed by atoms with E-state index >= 15 is 0 Å². The van der Waals surface area contributed by atoms with Crippen LogP contribution in [0.25, 0.3) is 16.6 Å². The largest absolute Gasteiger partial charge is 0.468 e. The molecule has 6 rings (SSSR count). The molecule has 41 heavy (non-hydrogen) atoms. The van der Waals surface area contributed by atoms with E-state index in [4.69, 9.17) is 4.74 Å². The Bertz CT molecular complexity index is 1760. The van der Waals surface area contributed by atoms with E-state index in [0.717, 1.165) is 44.7 Å². The number of carbonyl (C=O) groups is 1. The Balaban J connectivity index is 1.77. The molecule has 2 atom stereocenters. The molecule has 1 heterocycles. The van der Waals surface area contributed by atoms with E-state index in [1.165, 1.54) is 7.11 Å². The number of ether oxygens (including phenoxy) is 1. The summed E-state index contributed by atoms with van der Waals surface area (Å²) in [5.41, 5.74) is 5.43. The van der Waals surface area contributed by atoms with Crippen molar-refractivity contribution in [2.75, 3.05) is 12.4 Å². The predicted molar refractivity (Wildman–Crippen MR) is 166 cm³/mol. The van der Waals surface area contributed by atoms with E-state index in [0.29, 0.717) is 0 Å². The van der Waals surface area contributed by atoms with Crippen LogP contribution in [0.1, 0.15) is 28.4 Å². The third kappa shape index (κ3) is 4.48. The van der Waals surface area contributed by atoms with Gasteiger partial charge in [0, 0.05) is 28.0 Å². The van der Waals surface area contributed by atoms with Gasteiger partial charge in [-0.25, -0.2) is 0 Å². The Labute approximate surface area is 240 Å².